The van der Waals surface area contributed by atoms with Gasteiger partial charge in [0.2, 0.25) is 10.0 Å². The minimum absolute atomic E-state index is 0.162. The molecule has 4 nitrogen and oxygen atoms in total. The second kappa shape index (κ2) is 3.81. The van der Waals surface area contributed by atoms with Gasteiger partial charge in [-0.15, -0.1) is 2.52 Å². The SMILES string of the molecule is CC(=O)[C@H](C)N(I)S(C)(=O)=O. The van der Waals surface area contributed by atoms with Crippen molar-refractivity contribution in [2.24, 2.45) is 0 Å². The Morgan fingerprint density at radius 3 is 2.00 bits per heavy atom. The Hall–Kier alpha value is 0.310. The molecule has 6 heteroatoms. The van der Waals surface area contributed by atoms with E-state index in [4.69, 9.17) is 0 Å². The summed E-state index contributed by atoms with van der Waals surface area (Å²) in [6.07, 6.45) is 1.07. The molecule has 0 radical (unpaired) electrons. The maximum atomic E-state index is 10.8. The van der Waals surface area contributed by atoms with Crippen LogP contribution in [0.3, 0.4) is 0 Å². The van der Waals surface area contributed by atoms with Gasteiger partial charge in [-0.2, -0.15) is 0 Å². The molecule has 0 spiro atoms. The Labute approximate surface area is 80.5 Å². The molecule has 1 atom stereocenters. The quantitative estimate of drug-likeness (QED) is 0.564. The number of Topliss-reactive ketones (excluding diaryl/α,β-unsaturated/α-hetero) is 1. The lowest BCUT2D eigenvalue weighted by Crippen LogP contribution is -2.33. The molecule has 0 unspecified atom stereocenters. The second-order valence-corrected chi connectivity index (χ2v) is 5.85. The van der Waals surface area contributed by atoms with Crippen LogP contribution in [0, 0.1) is 0 Å². The zero-order valence-corrected chi connectivity index (χ0v) is 9.51. The lowest BCUT2D eigenvalue weighted by Gasteiger charge is -2.16. The van der Waals surface area contributed by atoms with Crippen LogP contribution in [0.15, 0.2) is 0 Å². The Morgan fingerprint density at radius 1 is 1.55 bits per heavy atom. The van der Waals surface area contributed by atoms with E-state index in [1.807, 2.05) is 0 Å². The number of hydrogen-bond donors (Lipinski definition) is 0. The zero-order chi connectivity index (χ0) is 9.23. The molecule has 0 rings (SSSR count). The normalized spacial score (nSPS) is 15.0. The van der Waals surface area contributed by atoms with Crippen molar-refractivity contribution in [3.63, 3.8) is 0 Å². The number of rotatable bonds is 3. The number of carbonyl (C=O) groups is 1. The van der Waals surface area contributed by atoms with E-state index in [1.54, 1.807) is 29.8 Å². The molecule has 0 aliphatic heterocycles. The van der Waals surface area contributed by atoms with Crippen molar-refractivity contribution < 1.29 is 13.2 Å². The number of hydrogen-bond acceptors (Lipinski definition) is 3. The van der Waals surface area contributed by atoms with Crippen LogP contribution in [0.5, 0.6) is 0 Å². The average Bonchev–Trinajstić information content (AvgIpc) is 1.82. The lowest BCUT2D eigenvalue weighted by molar-refractivity contribution is -0.118. The molecule has 66 valence electrons. The third-order valence-electron chi connectivity index (χ3n) is 1.21. The van der Waals surface area contributed by atoms with Crippen molar-refractivity contribution in [1.29, 1.82) is 0 Å². The molecule has 0 bridgehead atoms. The Balaban J connectivity index is 4.51. The van der Waals surface area contributed by atoms with E-state index in [0.29, 0.717) is 0 Å². The summed E-state index contributed by atoms with van der Waals surface area (Å²) in [6, 6.07) is -0.578. The highest BCUT2D eigenvalue weighted by Crippen LogP contribution is 2.12. The number of ketones is 1. The van der Waals surface area contributed by atoms with Crippen LogP contribution < -0.4 is 0 Å². The van der Waals surface area contributed by atoms with Gasteiger partial charge in [-0.25, -0.2) is 8.42 Å². The van der Waals surface area contributed by atoms with Crippen LogP contribution in [0.2, 0.25) is 0 Å². The van der Waals surface area contributed by atoms with Gasteiger partial charge in [-0.05, 0) is 13.8 Å². The summed E-state index contributed by atoms with van der Waals surface area (Å²) < 4.78 is 22.7. The zero-order valence-electron chi connectivity index (χ0n) is 6.54. The van der Waals surface area contributed by atoms with E-state index >= 15 is 0 Å². The first-order chi connectivity index (χ1) is 4.76. The number of halogens is 1. The van der Waals surface area contributed by atoms with Gasteiger partial charge in [-0.1, -0.05) is 0 Å². The number of sulfonamides is 1. The maximum absolute atomic E-state index is 10.8. The fourth-order valence-electron chi connectivity index (χ4n) is 0.430. The van der Waals surface area contributed by atoms with Gasteiger partial charge in [0.15, 0.2) is 0 Å². The molecule has 0 aliphatic carbocycles. The van der Waals surface area contributed by atoms with Crippen molar-refractivity contribution in [2.45, 2.75) is 19.9 Å². The molecule has 0 saturated carbocycles. The van der Waals surface area contributed by atoms with Crippen LogP contribution in [-0.2, 0) is 14.8 Å². The van der Waals surface area contributed by atoms with Gasteiger partial charge in [0, 0.05) is 22.9 Å². The number of carbonyl (C=O) groups excluding carboxylic acids is 1. The summed E-state index contributed by atoms with van der Waals surface area (Å²) in [5, 5.41) is 0. The highest BCUT2D eigenvalue weighted by Gasteiger charge is 2.23. The molecule has 0 aromatic carbocycles. The molecule has 0 aliphatic rings. The van der Waals surface area contributed by atoms with Crippen LogP contribution in [-0.4, -0.2) is 29.0 Å². The molecule has 0 N–H and O–H groups in total. The molecule has 0 aromatic heterocycles. The Morgan fingerprint density at radius 2 is 1.91 bits per heavy atom. The predicted molar refractivity (Wildman–Crippen MR) is 50.8 cm³/mol. The molecule has 0 aromatic rings. The van der Waals surface area contributed by atoms with Gasteiger partial charge in [-0.3, -0.25) is 4.79 Å². The van der Waals surface area contributed by atoms with Crippen LogP contribution >= 0.6 is 22.9 Å². The summed E-state index contributed by atoms with van der Waals surface area (Å²) in [7, 11) is -3.25. The molecule has 0 saturated heterocycles. The third-order valence-corrected chi connectivity index (χ3v) is 5.14. The van der Waals surface area contributed by atoms with E-state index in [0.717, 1.165) is 8.77 Å². The second-order valence-electron chi connectivity index (χ2n) is 2.29. The molecule has 11 heavy (non-hydrogen) atoms. The van der Waals surface area contributed by atoms with Gasteiger partial charge in [0.1, 0.15) is 5.78 Å². The molecular formula is C5H10INO3S. The fourth-order valence-corrected chi connectivity index (χ4v) is 1.55. The van der Waals surface area contributed by atoms with Crippen molar-refractivity contribution in [3.05, 3.63) is 0 Å². The first-order valence-corrected chi connectivity index (χ1v) is 5.73. The van der Waals surface area contributed by atoms with Crippen LogP contribution in [0.1, 0.15) is 13.8 Å². The summed E-state index contributed by atoms with van der Waals surface area (Å²) in [5.74, 6) is -0.162. The molecule has 0 amide bonds. The average molecular weight is 291 g/mol. The van der Waals surface area contributed by atoms with Crippen molar-refractivity contribution in [2.75, 3.05) is 6.26 Å². The van der Waals surface area contributed by atoms with E-state index < -0.39 is 16.1 Å². The number of nitrogens with zero attached hydrogens (tertiary/aromatic N) is 1. The van der Waals surface area contributed by atoms with Gasteiger partial charge in [0.25, 0.3) is 0 Å². The smallest absolute Gasteiger partial charge is 0.220 e. The largest absolute Gasteiger partial charge is 0.298 e. The van der Waals surface area contributed by atoms with Gasteiger partial charge >= 0.3 is 0 Å². The summed E-state index contributed by atoms with van der Waals surface area (Å²) in [6.45, 7) is 2.91. The van der Waals surface area contributed by atoms with Crippen LogP contribution in [0.25, 0.3) is 0 Å². The fraction of sp³-hybridized carbons (Fsp3) is 0.800. The summed E-state index contributed by atoms with van der Waals surface area (Å²) >= 11 is 1.61. The van der Waals surface area contributed by atoms with Crippen molar-refractivity contribution >= 4 is 38.7 Å². The first-order valence-electron chi connectivity index (χ1n) is 2.92. The highest BCUT2D eigenvalue weighted by atomic mass is 127. The van der Waals surface area contributed by atoms with E-state index in [9.17, 15) is 13.2 Å². The van der Waals surface area contributed by atoms with Gasteiger partial charge in [0.05, 0.1) is 12.3 Å². The lowest BCUT2D eigenvalue weighted by atomic mass is 10.3. The van der Waals surface area contributed by atoms with E-state index in [1.165, 1.54) is 6.92 Å². The third kappa shape index (κ3) is 3.48. The molecular weight excluding hydrogens is 281 g/mol. The minimum Gasteiger partial charge on any atom is -0.298 e. The van der Waals surface area contributed by atoms with Gasteiger partial charge < -0.3 is 0 Å². The van der Waals surface area contributed by atoms with E-state index in [2.05, 4.69) is 0 Å². The summed E-state index contributed by atoms with van der Waals surface area (Å²) in [5.41, 5.74) is 0. The predicted octanol–water partition coefficient (Wildman–Crippen LogP) is 0.576. The summed E-state index contributed by atoms with van der Waals surface area (Å²) in [4.78, 5) is 10.7. The van der Waals surface area contributed by atoms with E-state index in [-0.39, 0.29) is 5.78 Å². The standard InChI is InChI=1S/C5H10INO3S/c1-4(5(2)8)7(6)11(3,9)10/h4H,1-3H3/t4-/m0/s1. The van der Waals surface area contributed by atoms with Crippen molar-refractivity contribution in [1.82, 2.24) is 2.52 Å². The molecule has 0 fully saturated rings. The Kier molecular flexibility index (Phi) is 3.92. The first kappa shape index (κ1) is 11.3. The Bertz CT molecular complexity index is 248. The topological polar surface area (TPSA) is 54.5 Å². The van der Waals surface area contributed by atoms with Crippen molar-refractivity contribution in [3.8, 4) is 0 Å². The monoisotopic (exact) mass is 291 g/mol. The maximum Gasteiger partial charge on any atom is 0.220 e. The minimum atomic E-state index is -3.25. The highest BCUT2D eigenvalue weighted by molar-refractivity contribution is 14.1. The van der Waals surface area contributed by atoms with Crippen LogP contribution in [0.4, 0.5) is 0 Å². The molecule has 0 heterocycles.